The summed E-state index contributed by atoms with van der Waals surface area (Å²) in [6, 6.07) is 0. The van der Waals surface area contributed by atoms with Gasteiger partial charge in [-0.2, -0.15) is 5.26 Å². The fourth-order valence-corrected chi connectivity index (χ4v) is 1.05. The van der Waals surface area contributed by atoms with Crippen molar-refractivity contribution in [3.63, 3.8) is 0 Å². The molecule has 0 saturated heterocycles. The van der Waals surface area contributed by atoms with Crippen molar-refractivity contribution in [1.82, 2.24) is 9.91 Å². The van der Waals surface area contributed by atoms with Gasteiger partial charge in [-0.25, -0.2) is 15.6 Å². The lowest BCUT2D eigenvalue weighted by molar-refractivity contribution is -0.127. The molecule has 0 spiro atoms. The Morgan fingerprint density at radius 1 is 1.38 bits per heavy atom. The Morgan fingerprint density at radius 3 is 2.50 bits per heavy atom. The van der Waals surface area contributed by atoms with Gasteiger partial charge in [0.1, 0.15) is 0 Å². The third-order valence-corrected chi connectivity index (χ3v) is 2.06. The summed E-state index contributed by atoms with van der Waals surface area (Å²) in [6.07, 6.45) is 2.77. The summed E-state index contributed by atoms with van der Waals surface area (Å²) in [5.41, 5.74) is 0. The summed E-state index contributed by atoms with van der Waals surface area (Å²) < 4.78 is 0. The molecule has 16 heavy (non-hydrogen) atoms. The quantitative estimate of drug-likeness (QED) is 0.170. The van der Waals surface area contributed by atoms with Crippen molar-refractivity contribution >= 4 is 12.0 Å². The van der Waals surface area contributed by atoms with Crippen LogP contribution in [0.15, 0.2) is 0 Å². The monoisotopic (exact) mass is 228 g/mol. The van der Waals surface area contributed by atoms with Gasteiger partial charge in [0.2, 0.25) is 5.91 Å². The number of amides is 2. The molecule has 0 unspecified atom stereocenters. The number of unbranched alkanes of at least 4 members (excludes halogenated alkanes) is 2. The van der Waals surface area contributed by atoms with E-state index < -0.39 is 6.09 Å². The normalized spacial score (nSPS) is 9.31. The molecular formula is C9H16N4O3. The summed E-state index contributed by atoms with van der Waals surface area (Å²) in [5, 5.41) is 17.6. The number of rotatable bonds is 6. The van der Waals surface area contributed by atoms with Gasteiger partial charge < -0.3 is 5.11 Å². The molecule has 0 aromatic carbocycles. The molecule has 0 fully saturated rings. The summed E-state index contributed by atoms with van der Waals surface area (Å²) in [4.78, 5) is 22.4. The smallest absolute Gasteiger partial charge is 0.421 e. The molecular weight excluding hydrogens is 212 g/mol. The van der Waals surface area contributed by atoms with Gasteiger partial charge in [-0.05, 0) is 12.8 Å². The van der Waals surface area contributed by atoms with E-state index in [2.05, 4.69) is 0 Å². The van der Waals surface area contributed by atoms with Crippen molar-refractivity contribution < 1.29 is 14.7 Å². The Hall–Kier alpha value is -1.81. The lowest BCUT2D eigenvalue weighted by atomic mass is 10.2. The Labute approximate surface area is 94.0 Å². The van der Waals surface area contributed by atoms with Crippen molar-refractivity contribution in [2.75, 3.05) is 13.6 Å². The fraction of sp³-hybridized carbons (Fsp3) is 0.667. The molecule has 7 nitrogen and oxygen atoms in total. The van der Waals surface area contributed by atoms with Crippen LogP contribution in [0.4, 0.5) is 4.79 Å². The minimum absolute atomic E-state index is 0.231. The first kappa shape index (κ1) is 14.2. The topological polar surface area (TPSA) is 111 Å². The molecule has 0 heterocycles. The summed E-state index contributed by atoms with van der Waals surface area (Å²) >= 11 is 0. The van der Waals surface area contributed by atoms with Gasteiger partial charge in [-0.3, -0.25) is 9.69 Å². The van der Waals surface area contributed by atoms with E-state index in [1.165, 1.54) is 7.05 Å². The molecule has 3 N–H and O–H groups in total. The van der Waals surface area contributed by atoms with Gasteiger partial charge in [-0.1, -0.05) is 6.42 Å². The number of nitrogens with two attached hydrogens (primary N) is 1. The summed E-state index contributed by atoms with van der Waals surface area (Å²) in [6.45, 7) is 0.248. The molecule has 0 rings (SSSR count). The first-order valence-electron chi connectivity index (χ1n) is 4.90. The summed E-state index contributed by atoms with van der Waals surface area (Å²) in [5.74, 6) is 4.91. The minimum atomic E-state index is -1.17. The van der Waals surface area contributed by atoms with Crippen LogP contribution in [0.1, 0.15) is 25.7 Å². The van der Waals surface area contributed by atoms with E-state index in [0.717, 1.165) is 4.90 Å². The maximum Gasteiger partial charge on any atom is 0.421 e. The summed E-state index contributed by atoms with van der Waals surface area (Å²) in [7, 11) is 1.41. The molecule has 90 valence electrons. The number of hydrazine groups is 1. The second-order valence-electron chi connectivity index (χ2n) is 3.34. The van der Waals surface area contributed by atoms with Gasteiger partial charge >= 0.3 is 6.09 Å². The largest absolute Gasteiger partial charge is 0.464 e. The van der Waals surface area contributed by atoms with E-state index >= 15 is 0 Å². The minimum Gasteiger partial charge on any atom is -0.464 e. The van der Waals surface area contributed by atoms with E-state index in [0.29, 0.717) is 30.7 Å². The predicted octanol–water partition coefficient (Wildman–Crippen LogP) is 0.340. The number of hydrogen-bond donors (Lipinski definition) is 2. The average molecular weight is 228 g/mol. The lowest BCUT2D eigenvalue weighted by Crippen LogP contribution is -2.36. The van der Waals surface area contributed by atoms with Gasteiger partial charge in [0.25, 0.3) is 0 Å². The third kappa shape index (κ3) is 5.82. The van der Waals surface area contributed by atoms with Crippen LogP contribution in [0.25, 0.3) is 0 Å². The second kappa shape index (κ2) is 7.48. The highest BCUT2D eigenvalue weighted by Gasteiger charge is 2.08. The Bertz CT molecular complexity index is 287. The van der Waals surface area contributed by atoms with E-state index in [-0.39, 0.29) is 12.5 Å². The van der Waals surface area contributed by atoms with Gasteiger partial charge in [0, 0.05) is 20.0 Å². The van der Waals surface area contributed by atoms with E-state index in [1.807, 2.05) is 0 Å². The van der Waals surface area contributed by atoms with Gasteiger partial charge in [0.05, 0.1) is 0 Å². The average Bonchev–Trinajstić information content (AvgIpc) is 2.26. The van der Waals surface area contributed by atoms with Crippen LogP contribution in [0.3, 0.4) is 0 Å². The Kier molecular flexibility index (Phi) is 6.63. The molecule has 0 aliphatic carbocycles. The third-order valence-electron chi connectivity index (χ3n) is 2.06. The molecule has 0 saturated carbocycles. The molecule has 0 aromatic heterocycles. The predicted molar refractivity (Wildman–Crippen MR) is 55.8 cm³/mol. The standard InChI is InChI=1S/C9H16N4O3/c1-12(7-10)8(14)5-3-2-4-6-13(11)9(15)16/h2-6,11H2,1H3,(H,15,16). The van der Waals surface area contributed by atoms with Crippen molar-refractivity contribution in [2.24, 2.45) is 5.84 Å². The van der Waals surface area contributed by atoms with Gasteiger partial charge in [0.15, 0.2) is 6.19 Å². The molecule has 0 bridgehead atoms. The fourth-order valence-electron chi connectivity index (χ4n) is 1.05. The van der Waals surface area contributed by atoms with Crippen LogP contribution in [0.5, 0.6) is 0 Å². The highest BCUT2D eigenvalue weighted by Crippen LogP contribution is 2.02. The van der Waals surface area contributed by atoms with Crippen LogP contribution in [-0.4, -0.2) is 40.6 Å². The van der Waals surface area contributed by atoms with Crippen molar-refractivity contribution in [1.29, 1.82) is 5.26 Å². The molecule has 2 amide bonds. The van der Waals surface area contributed by atoms with E-state index in [1.54, 1.807) is 6.19 Å². The maximum atomic E-state index is 11.2. The molecule has 0 radical (unpaired) electrons. The van der Waals surface area contributed by atoms with Crippen LogP contribution in [0.2, 0.25) is 0 Å². The number of nitrogens with zero attached hydrogens (tertiary/aromatic N) is 3. The number of carboxylic acid groups (broad SMARTS) is 1. The molecule has 0 aromatic rings. The second-order valence-corrected chi connectivity index (χ2v) is 3.34. The van der Waals surface area contributed by atoms with Crippen molar-refractivity contribution in [3.8, 4) is 6.19 Å². The van der Waals surface area contributed by atoms with Crippen LogP contribution < -0.4 is 5.84 Å². The van der Waals surface area contributed by atoms with Crippen LogP contribution in [-0.2, 0) is 4.79 Å². The zero-order chi connectivity index (χ0) is 12.6. The van der Waals surface area contributed by atoms with E-state index in [9.17, 15) is 9.59 Å². The number of nitriles is 1. The first-order chi connectivity index (χ1) is 7.49. The Morgan fingerprint density at radius 2 is 2.00 bits per heavy atom. The number of hydrogen-bond acceptors (Lipinski definition) is 4. The van der Waals surface area contributed by atoms with E-state index in [4.69, 9.17) is 16.2 Å². The number of carbonyl (C=O) groups excluding carboxylic acids is 1. The van der Waals surface area contributed by atoms with Crippen LogP contribution in [0, 0.1) is 11.5 Å². The zero-order valence-corrected chi connectivity index (χ0v) is 9.22. The van der Waals surface area contributed by atoms with Crippen molar-refractivity contribution in [2.45, 2.75) is 25.7 Å². The maximum absolute atomic E-state index is 11.2. The lowest BCUT2D eigenvalue weighted by Gasteiger charge is -2.11. The van der Waals surface area contributed by atoms with Gasteiger partial charge in [-0.15, -0.1) is 0 Å². The molecule has 0 atom stereocenters. The molecule has 0 aliphatic heterocycles. The van der Waals surface area contributed by atoms with Crippen LogP contribution >= 0.6 is 0 Å². The highest BCUT2D eigenvalue weighted by atomic mass is 16.4. The first-order valence-corrected chi connectivity index (χ1v) is 4.90. The zero-order valence-electron chi connectivity index (χ0n) is 9.22. The highest BCUT2D eigenvalue weighted by molar-refractivity contribution is 5.77. The Balaban J connectivity index is 3.52. The molecule has 0 aliphatic rings. The molecule has 7 heteroatoms. The van der Waals surface area contributed by atoms with Crippen molar-refractivity contribution in [3.05, 3.63) is 0 Å². The number of carbonyl (C=O) groups is 2. The SMILES string of the molecule is CN(C#N)C(=O)CCCCCN(N)C(=O)O.